The van der Waals surface area contributed by atoms with Crippen molar-refractivity contribution < 1.29 is 18.0 Å². The molecule has 1 aromatic heterocycles. The number of ketones is 1. The molecule has 1 saturated carbocycles. The number of hydrogen-bond donors (Lipinski definition) is 0. The number of aryl methyl sites for hydroxylation is 1. The zero-order chi connectivity index (χ0) is 14.0. The molecule has 0 aromatic carbocycles. The third kappa shape index (κ3) is 2.98. The van der Waals surface area contributed by atoms with E-state index in [-0.39, 0.29) is 6.42 Å². The van der Waals surface area contributed by atoms with E-state index >= 15 is 0 Å². The van der Waals surface area contributed by atoms with Crippen molar-refractivity contribution in [2.45, 2.75) is 45.3 Å². The molecule has 106 valence electrons. The van der Waals surface area contributed by atoms with E-state index in [9.17, 15) is 18.0 Å². The minimum Gasteiger partial charge on any atom is -0.294 e. The maximum atomic E-state index is 13.0. The second kappa shape index (κ2) is 5.35. The number of aromatic nitrogens is 2. The lowest BCUT2D eigenvalue weighted by atomic mass is 9.75. The van der Waals surface area contributed by atoms with Gasteiger partial charge in [0.25, 0.3) is 0 Å². The van der Waals surface area contributed by atoms with E-state index < -0.39 is 23.8 Å². The van der Waals surface area contributed by atoms with E-state index in [1.165, 1.54) is 12.4 Å². The van der Waals surface area contributed by atoms with Gasteiger partial charge in [-0.05, 0) is 19.8 Å². The molecule has 2 unspecified atom stereocenters. The Morgan fingerprint density at radius 3 is 2.68 bits per heavy atom. The van der Waals surface area contributed by atoms with Gasteiger partial charge in [0.1, 0.15) is 0 Å². The Hall–Kier alpha value is -1.33. The number of Topliss-reactive ketones (excluding diaryl/α,β-unsaturated/α-hetero) is 1. The molecule has 0 spiro atoms. The molecule has 1 fully saturated rings. The van der Waals surface area contributed by atoms with E-state index in [2.05, 4.69) is 5.10 Å². The highest BCUT2D eigenvalue weighted by atomic mass is 19.4. The van der Waals surface area contributed by atoms with Crippen LogP contribution in [0, 0.1) is 11.8 Å². The number of halogens is 3. The minimum atomic E-state index is -4.29. The summed E-state index contributed by atoms with van der Waals surface area (Å²) in [6.07, 6.45) is 0.217. The maximum absolute atomic E-state index is 13.0. The summed E-state index contributed by atoms with van der Waals surface area (Å²) in [6.45, 7) is 2.46. The molecule has 6 heteroatoms. The van der Waals surface area contributed by atoms with Crippen LogP contribution < -0.4 is 0 Å². The summed E-state index contributed by atoms with van der Waals surface area (Å²) in [5.74, 6) is -2.86. The third-order valence-corrected chi connectivity index (χ3v) is 3.76. The second-order valence-electron chi connectivity index (χ2n) is 4.99. The van der Waals surface area contributed by atoms with Gasteiger partial charge in [0.2, 0.25) is 0 Å². The molecular formula is C13H17F3N2O. The molecule has 0 aliphatic heterocycles. The SMILES string of the molecule is CCn1cc(C(=O)C2CCCCC2C(F)(F)F)cn1. The molecule has 3 nitrogen and oxygen atoms in total. The Kier molecular flexibility index (Phi) is 3.96. The van der Waals surface area contributed by atoms with Crippen molar-refractivity contribution >= 4 is 5.78 Å². The van der Waals surface area contributed by atoms with Crippen molar-refractivity contribution in [2.24, 2.45) is 11.8 Å². The van der Waals surface area contributed by atoms with Crippen molar-refractivity contribution in [1.82, 2.24) is 9.78 Å². The summed E-state index contributed by atoms with van der Waals surface area (Å²) in [6, 6.07) is 0. The lowest BCUT2D eigenvalue weighted by Gasteiger charge is -2.31. The first-order valence-electron chi connectivity index (χ1n) is 6.57. The van der Waals surface area contributed by atoms with Gasteiger partial charge in [0, 0.05) is 18.7 Å². The molecule has 2 rings (SSSR count). The number of carbonyl (C=O) groups excluding carboxylic acids is 1. The van der Waals surface area contributed by atoms with Gasteiger partial charge in [0.05, 0.1) is 17.7 Å². The summed E-state index contributed by atoms with van der Waals surface area (Å²) in [5, 5.41) is 3.95. The predicted octanol–water partition coefficient (Wildman–Crippen LogP) is 3.45. The van der Waals surface area contributed by atoms with Crippen molar-refractivity contribution in [2.75, 3.05) is 0 Å². The molecule has 0 saturated heterocycles. The lowest BCUT2D eigenvalue weighted by molar-refractivity contribution is -0.190. The van der Waals surface area contributed by atoms with Crippen LogP contribution in [-0.4, -0.2) is 21.7 Å². The number of carbonyl (C=O) groups is 1. The highest BCUT2D eigenvalue weighted by molar-refractivity contribution is 5.97. The van der Waals surface area contributed by atoms with Gasteiger partial charge < -0.3 is 0 Å². The lowest BCUT2D eigenvalue weighted by Crippen LogP contribution is -2.37. The zero-order valence-corrected chi connectivity index (χ0v) is 10.8. The molecular weight excluding hydrogens is 257 g/mol. The molecule has 0 bridgehead atoms. The van der Waals surface area contributed by atoms with E-state index in [4.69, 9.17) is 0 Å². The molecule has 1 aliphatic rings. The standard InChI is InChI=1S/C13H17F3N2O/c1-2-18-8-9(7-17-18)12(19)10-5-3-4-6-11(10)13(14,15)16/h7-8,10-11H,2-6H2,1H3. The summed E-state index contributed by atoms with van der Waals surface area (Å²) in [7, 11) is 0. The summed E-state index contributed by atoms with van der Waals surface area (Å²) >= 11 is 0. The average molecular weight is 274 g/mol. The van der Waals surface area contributed by atoms with Crippen molar-refractivity contribution in [3.05, 3.63) is 18.0 Å². The monoisotopic (exact) mass is 274 g/mol. The fourth-order valence-corrected chi connectivity index (χ4v) is 2.71. The molecule has 19 heavy (non-hydrogen) atoms. The molecule has 1 aromatic rings. The van der Waals surface area contributed by atoms with Crippen LogP contribution in [0.1, 0.15) is 43.0 Å². The normalized spacial score (nSPS) is 24.4. The zero-order valence-electron chi connectivity index (χ0n) is 10.8. The van der Waals surface area contributed by atoms with E-state index in [1.807, 2.05) is 6.92 Å². The van der Waals surface area contributed by atoms with Crippen LogP contribution in [0.4, 0.5) is 13.2 Å². The predicted molar refractivity (Wildman–Crippen MR) is 63.7 cm³/mol. The minimum absolute atomic E-state index is 0.0574. The number of alkyl halides is 3. The average Bonchev–Trinajstić information content (AvgIpc) is 2.85. The Morgan fingerprint density at radius 2 is 2.11 bits per heavy atom. The summed E-state index contributed by atoms with van der Waals surface area (Å²) in [5.41, 5.74) is 0.294. The Bertz CT molecular complexity index is 453. The van der Waals surface area contributed by atoms with Crippen LogP contribution in [0.2, 0.25) is 0 Å². The highest BCUT2D eigenvalue weighted by Crippen LogP contribution is 2.42. The van der Waals surface area contributed by atoms with E-state index in [1.54, 1.807) is 4.68 Å². The van der Waals surface area contributed by atoms with Gasteiger partial charge in [-0.3, -0.25) is 9.48 Å². The summed E-state index contributed by atoms with van der Waals surface area (Å²) < 4.78 is 40.5. The number of rotatable bonds is 3. The largest absolute Gasteiger partial charge is 0.392 e. The third-order valence-electron chi connectivity index (χ3n) is 3.76. The smallest absolute Gasteiger partial charge is 0.294 e. The van der Waals surface area contributed by atoms with Gasteiger partial charge in [-0.1, -0.05) is 12.8 Å². The van der Waals surface area contributed by atoms with Gasteiger partial charge in [-0.2, -0.15) is 18.3 Å². The van der Waals surface area contributed by atoms with Crippen LogP contribution in [0.5, 0.6) is 0 Å². The molecule has 2 atom stereocenters. The van der Waals surface area contributed by atoms with Crippen LogP contribution in [-0.2, 0) is 6.54 Å². The number of nitrogens with zero attached hydrogens (tertiary/aromatic N) is 2. The quantitative estimate of drug-likeness (QED) is 0.791. The molecule has 1 heterocycles. The first-order valence-corrected chi connectivity index (χ1v) is 6.57. The maximum Gasteiger partial charge on any atom is 0.392 e. The summed E-state index contributed by atoms with van der Waals surface area (Å²) in [4.78, 5) is 12.2. The van der Waals surface area contributed by atoms with Crippen molar-refractivity contribution in [3.63, 3.8) is 0 Å². The van der Waals surface area contributed by atoms with E-state index in [0.29, 0.717) is 31.4 Å². The number of hydrogen-bond acceptors (Lipinski definition) is 2. The van der Waals surface area contributed by atoms with Crippen LogP contribution in [0.25, 0.3) is 0 Å². The Labute approximate surface area is 109 Å². The molecule has 0 N–H and O–H groups in total. The first kappa shape index (κ1) is 14.1. The van der Waals surface area contributed by atoms with E-state index in [0.717, 1.165) is 0 Å². The topological polar surface area (TPSA) is 34.9 Å². The fourth-order valence-electron chi connectivity index (χ4n) is 2.71. The van der Waals surface area contributed by atoms with Gasteiger partial charge in [-0.15, -0.1) is 0 Å². The van der Waals surface area contributed by atoms with Crippen molar-refractivity contribution in [3.8, 4) is 0 Å². The Balaban J connectivity index is 2.20. The van der Waals surface area contributed by atoms with Crippen LogP contribution in [0.3, 0.4) is 0 Å². The van der Waals surface area contributed by atoms with Gasteiger partial charge in [-0.25, -0.2) is 0 Å². The highest BCUT2D eigenvalue weighted by Gasteiger charge is 2.48. The molecule has 1 aliphatic carbocycles. The van der Waals surface area contributed by atoms with Gasteiger partial charge >= 0.3 is 6.18 Å². The molecule has 0 radical (unpaired) electrons. The fraction of sp³-hybridized carbons (Fsp3) is 0.692. The molecule has 0 amide bonds. The van der Waals surface area contributed by atoms with Gasteiger partial charge in [0.15, 0.2) is 5.78 Å². The van der Waals surface area contributed by atoms with Crippen molar-refractivity contribution in [1.29, 1.82) is 0 Å². The second-order valence-corrected chi connectivity index (χ2v) is 4.99. The Morgan fingerprint density at radius 1 is 1.42 bits per heavy atom. The van der Waals surface area contributed by atoms with Crippen LogP contribution >= 0.6 is 0 Å². The first-order chi connectivity index (χ1) is 8.93. The van der Waals surface area contributed by atoms with Crippen LogP contribution in [0.15, 0.2) is 12.4 Å².